The molecule has 0 radical (unpaired) electrons. The second-order valence-corrected chi connectivity index (χ2v) is 5.44. The Bertz CT molecular complexity index is 554. The Morgan fingerprint density at radius 1 is 1.67 bits per heavy atom. The normalized spacial score (nSPS) is 19.5. The van der Waals surface area contributed by atoms with Crippen LogP contribution in [0.5, 0.6) is 5.75 Å². The predicted octanol–water partition coefficient (Wildman–Crippen LogP) is 2.01. The Morgan fingerprint density at radius 2 is 2.38 bits per heavy atom. The average Bonchev–Trinajstić information content (AvgIpc) is 2.88. The SMILES string of the molecule is CCOc1c([C@H](C)NN)cc(Cl)c(F)c1[C@@H]1CNC(=O)C1. The molecule has 1 saturated heterocycles. The molecule has 0 saturated carbocycles. The van der Waals surface area contributed by atoms with Crippen molar-refractivity contribution in [3.05, 3.63) is 28.0 Å². The number of halogens is 2. The number of hydrogen-bond donors (Lipinski definition) is 3. The lowest BCUT2D eigenvalue weighted by molar-refractivity contribution is -0.119. The van der Waals surface area contributed by atoms with Gasteiger partial charge in [-0.15, -0.1) is 0 Å². The molecule has 0 bridgehead atoms. The zero-order valence-electron chi connectivity index (χ0n) is 12.0. The highest BCUT2D eigenvalue weighted by Crippen LogP contribution is 2.41. The number of hydrazine groups is 1. The van der Waals surface area contributed by atoms with Gasteiger partial charge in [0, 0.05) is 36.1 Å². The maximum atomic E-state index is 14.5. The third-order valence-electron chi connectivity index (χ3n) is 3.63. The summed E-state index contributed by atoms with van der Waals surface area (Å²) >= 11 is 6.00. The Labute approximate surface area is 127 Å². The number of carbonyl (C=O) groups is 1. The summed E-state index contributed by atoms with van der Waals surface area (Å²) in [6.07, 6.45) is 0.223. The summed E-state index contributed by atoms with van der Waals surface area (Å²) in [4.78, 5) is 11.4. The van der Waals surface area contributed by atoms with Gasteiger partial charge in [0.2, 0.25) is 5.91 Å². The molecule has 4 N–H and O–H groups in total. The fourth-order valence-corrected chi connectivity index (χ4v) is 2.76. The molecular formula is C14H19ClFN3O2. The van der Waals surface area contributed by atoms with Gasteiger partial charge in [-0.2, -0.15) is 0 Å². The van der Waals surface area contributed by atoms with Crippen LogP contribution in [0.4, 0.5) is 4.39 Å². The summed E-state index contributed by atoms with van der Waals surface area (Å²) in [5, 5.41) is 2.71. The first-order valence-electron chi connectivity index (χ1n) is 6.86. The van der Waals surface area contributed by atoms with Crippen molar-refractivity contribution in [2.45, 2.75) is 32.2 Å². The molecule has 0 spiro atoms. The van der Waals surface area contributed by atoms with Crippen LogP contribution < -0.4 is 21.3 Å². The van der Waals surface area contributed by atoms with Crippen LogP contribution in [0, 0.1) is 5.82 Å². The number of nitrogens with one attached hydrogen (secondary N) is 2. The molecule has 21 heavy (non-hydrogen) atoms. The van der Waals surface area contributed by atoms with E-state index in [4.69, 9.17) is 22.2 Å². The fraction of sp³-hybridized carbons (Fsp3) is 0.500. The van der Waals surface area contributed by atoms with Crippen molar-refractivity contribution < 1.29 is 13.9 Å². The van der Waals surface area contributed by atoms with Gasteiger partial charge in [0.15, 0.2) is 0 Å². The van der Waals surface area contributed by atoms with E-state index in [0.717, 1.165) is 0 Å². The average molecular weight is 316 g/mol. The van der Waals surface area contributed by atoms with E-state index in [-0.39, 0.29) is 29.3 Å². The van der Waals surface area contributed by atoms with Gasteiger partial charge in [-0.25, -0.2) is 4.39 Å². The number of rotatable bonds is 5. The number of ether oxygens (including phenoxy) is 1. The van der Waals surface area contributed by atoms with Crippen LogP contribution >= 0.6 is 11.6 Å². The smallest absolute Gasteiger partial charge is 0.220 e. The van der Waals surface area contributed by atoms with Crippen molar-refractivity contribution >= 4 is 17.5 Å². The first-order chi connectivity index (χ1) is 9.99. The topological polar surface area (TPSA) is 76.4 Å². The first-order valence-corrected chi connectivity index (χ1v) is 7.24. The van der Waals surface area contributed by atoms with Crippen LogP contribution in [0.15, 0.2) is 6.07 Å². The maximum absolute atomic E-state index is 14.5. The highest BCUT2D eigenvalue weighted by Gasteiger charge is 2.32. The van der Waals surface area contributed by atoms with E-state index >= 15 is 0 Å². The molecule has 7 heteroatoms. The van der Waals surface area contributed by atoms with E-state index < -0.39 is 5.82 Å². The van der Waals surface area contributed by atoms with E-state index in [1.54, 1.807) is 0 Å². The van der Waals surface area contributed by atoms with Gasteiger partial charge in [0.1, 0.15) is 11.6 Å². The lowest BCUT2D eigenvalue weighted by Crippen LogP contribution is -2.26. The summed E-state index contributed by atoms with van der Waals surface area (Å²) in [5.41, 5.74) is 3.64. The Hall–Kier alpha value is -1.37. The second-order valence-electron chi connectivity index (χ2n) is 5.03. The van der Waals surface area contributed by atoms with Crippen LogP contribution in [0.2, 0.25) is 5.02 Å². The zero-order chi connectivity index (χ0) is 15.6. The quantitative estimate of drug-likeness (QED) is 0.574. The number of hydrogen-bond acceptors (Lipinski definition) is 4. The predicted molar refractivity (Wildman–Crippen MR) is 78.7 cm³/mol. The van der Waals surface area contributed by atoms with Crippen molar-refractivity contribution in [2.75, 3.05) is 13.2 Å². The highest BCUT2D eigenvalue weighted by molar-refractivity contribution is 6.31. The van der Waals surface area contributed by atoms with Crippen molar-refractivity contribution in [1.82, 2.24) is 10.7 Å². The van der Waals surface area contributed by atoms with Crippen molar-refractivity contribution in [3.63, 3.8) is 0 Å². The summed E-state index contributed by atoms with van der Waals surface area (Å²) in [6, 6.07) is 1.26. The van der Waals surface area contributed by atoms with Crippen LogP contribution in [0.3, 0.4) is 0 Å². The molecule has 0 aliphatic carbocycles. The minimum Gasteiger partial charge on any atom is -0.493 e. The zero-order valence-corrected chi connectivity index (χ0v) is 12.8. The van der Waals surface area contributed by atoms with Crippen LogP contribution in [-0.2, 0) is 4.79 Å². The van der Waals surface area contributed by atoms with E-state index in [2.05, 4.69) is 10.7 Å². The second kappa shape index (κ2) is 6.60. The Kier molecular flexibility index (Phi) is 5.03. The summed E-state index contributed by atoms with van der Waals surface area (Å²) < 4.78 is 20.2. The van der Waals surface area contributed by atoms with Crippen LogP contribution in [0.1, 0.15) is 43.4 Å². The van der Waals surface area contributed by atoms with Gasteiger partial charge in [-0.1, -0.05) is 11.6 Å². The highest BCUT2D eigenvalue weighted by atomic mass is 35.5. The molecule has 2 atom stereocenters. The van der Waals surface area contributed by atoms with Crippen molar-refractivity contribution in [2.24, 2.45) is 5.84 Å². The van der Waals surface area contributed by atoms with Gasteiger partial charge in [0.05, 0.1) is 11.6 Å². The molecule has 1 amide bonds. The number of carbonyl (C=O) groups excluding carboxylic acids is 1. The van der Waals surface area contributed by atoms with Crippen LogP contribution in [-0.4, -0.2) is 19.1 Å². The molecule has 116 valence electrons. The molecule has 0 unspecified atom stereocenters. The molecule has 1 aromatic carbocycles. The van der Waals surface area contributed by atoms with E-state index in [1.807, 2.05) is 13.8 Å². The van der Waals surface area contributed by atoms with Crippen LogP contribution in [0.25, 0.3) is 0 Å². The molecule has 5 nitrogen and oxygen atoms in total. The standard InChI is InChI=1S/C14H19ClFN3O2/c1-3-21-14-9(7(2)19-17)5-10(15)13(16)12(14)8-4-11(20)18-6-8/h5,7-8,19H,3-4,6,17H2,1-2H3,(H,18,20)/t7-,8-/m0/s1. The lowest BCUT2D eigenvalue weighted by atomic mass is 9.92. The number of nitrogens with two attached hydrogens (primary N) is 1. The van der Waals surface area contributed by atoms with E-state index in [9.17, 15) is 9.18 Å². The largest absolute Gasteiger partial charge is 0.493 e. The third kappa shape index (κ3) is 3.12. The monoisotopic (exact) mass is 315 g/mol. The summed E-state index contributed by atoms with van der Waals surface area (Å²) in [6.45, 7) is 4.40. The first kappa shape index (κ1) is 16.0. The molecular weight excluding hydrogens is 297 g/mol. The number of amides is 1. The van der Waals surface area contributed by atoms with Gasteiger partial charge < -0.3 is 10.1 Å². The molecule has 1 fully saturated rings. The van der Waals surface area contributed by atoms with Crippen molar-refractivity contribution in [3.8, 4) is 5.75 Å². The third-order valence-corrected chi connectivity index (χ3v) is 3.90. The summed E-state index contributed by atoms with van der Waals surface area (Å²) in [7, 11) is 0. The number of benzene rings is 1. The Balaban J connectivity index is 2.59. The molecule has 0 aromatic heterocycles. The van der Waals surface area contributed by atoms with E-state index in [1.165, 1.54) is 6.07 Å². The molecule has 1 aliphatic heterocycles. The fourth-order valence-electron chi connectivity index (χ4n) is 2.54. The molecule has 1 aromatic rings. The van der Waals surface area contributed by atoms with Gasteiger partial charge in [-0.05, 0) is 19.9 Å². The van der Waals surface area contributed by atoms with Gasteiger partial charge in [0.25, 0.3) is 0 Å². The Morgan fingerprint density at radius 3 is 2.90 bits per heavy atom. The van der Waals surface area contributed by atoms with Gasteiger partial charge in [-0.3, -0.25) is 16.1 Å². The summed E-state index contributed by atoms with van der Waals surface area (Å²) in [5.74, 6) is 4.97. The minimum absolute atomic E-state index is 0.00454. The molecule has 1 heterocycles. The molecule has 2 rings (SSSR count). The lowest BCUT2D eigenvalue weighted by Gasteiger charge is -2.22. The minimum atomic E-state index is -0.533. The van der Waals surface area contributed by atoms with Crippen molar-refractivity contribution in [1.29, 1.82) is 0 Å². The molecule has 1 aliphatic rings. The van der Waals surface area contributed by atoms with Gasteiger partial charge >= 0.3 is 0 Å². The maximum Gasteiger partial charge on any atom is 0.220 e. The van der Waals surface area contributed by atoms with E-state index in [0.29, 0.717) is 30.0 Å².